The number of nitrogens with one attached hydrogen (secondary N) is 1. The van der Waals surface area contributed by atoms with Crippen LogP contribution in [0.4, 0.5) is 11.4 Å². The van der Waals surface area contributed by atoms with Gasteiger partial charge in [0.05, 0.1) is 10.6 Å². The second-order valence-electron chi connectivity index (χ2n) is 4.31. The molecule has 0 bridgehead atoms. The minimum Gasteiger partial charge on any atom is -0.328 e. The molecule has 1 aliphatic heterocycles. The number of carbonyl (C=O) groups excluding carboxylic acids is 1. The Morgan fingerprint density at radius 2 is 2.35 bits per heavy atom. The van der Waals surface area contributed by atoms with E-state index in [1.807, 2.05) is 18.5 Å². The van der Waals surface area contributed by atoms with Crippen LogP contribution in [0.5, 0.6) is 0 Å². The van der Waals surface area contributed by atoms with Crippen LogP contribution in [0.2, 0.25) is 0 Å². The van der Waals surface area contributed by atoms with Crippen LogP contribution in [0.15, 0.2) is 27.5 Å². The van der Waals surface area contributed by atoms with Crippen LogP contribution < -0.4 is 10.2 Å². The molecule has 88 valence electrons. The largest absolute Gasteiger partial charge is 0.328 e. The standard InChI is InChI=1S/C12H13N3OS/c1-8(16)14-9-2-5-11-12(6-9)17-13-7-15(11)10-3-4-10/h2,5-7,10H,3-4H2,1H3,(H,14,16). The minimum absolute atomic E-state index is 0.0479. The zero-order chi connectivity index (χ0) is 11.8. The Kier molecular flexibility index (Phi) is 2.55. The first-order valence-electron chi connectivity index (χ1n) is 5.64. The van der Waals surface area contributed by atoms with Gasteiger partial charge in [0.2, 0.25) is 5.91 Å². The number of anilines is 2. The van der Waals surface area contributed by atoms with Crippen molar-refractivity contribution >= 4 is 35.6 Å². The molecule has 2 aliphatic rings. The number of carbonyl (C=O) groups is 1. The smallest absolute Gasteiger partial charge is 0.221 e. The Morgan fingerprint density at radius 3 is 3.06 bits per heavy atom. The van der Waals surface area contributed by atoms with Gasteiger partial charge in [-0.05, 0) is 31.0 Å². The Morgan fingerprint density at radius 1 is 1.53 bits per heavy atom. The van der Waals surface area contributed by atoms with Gasteiger partial charge < -0.3 is 10.2 Å². The molecule has 1 aromatic rings. The predicted octanol–water partition coefficient (Wildman–Crippen LogP) is 2.66. The minimum atomic E-state index is -0.0479. The van der Waals surface area contributed by atoms with Gasteiger partial charge in [-0.2, -0.15) is 0 Å². The number of hydrogen-bond acceptors (Lipinski definition) is 4. The average Bonchev–Trinajstić information content (AvgIpc) is 3.11. The lowest BCUT2D eigenvalue weighted by Crippen LogP contribution is -2.25. The first kappa shape index (κ1) is 10.7. The van der Waals surface area contributed by atoms with E-state index in [9.17, 15) is 4.79 Å². The highest BCUT2D eigenvalue weighted by atomic mass is 32.2. The van der Waals surface area contributed by atoms with Crippen molar-refractivity contribution in [2.24, 2.45) is 4.40 Å². The third-order valence-corrected chi connectivity index (χ3v) is 3.54. The fourth-order valence-corrected chi connectivity index (χ4v) is 2.63. The van der Waals surface area contributed by atoms with Crippen LogP contribution >= 0.6 is 11.9 Å². The van der Waals surface area contributed by atoms with E-state index in [-0.39, 0.29) is 5.91 Å². The van der Waals surface area contributed by atoms with E-state index in [0.29, 0.717) is 6.04 Å². The summed E-state index contributed by atoms with van der Waals surface area (Å²) >= 11 is 1.46. The van der Waals surface area contributed by atoms with Gasteiger partial charge in [0.1, 0.15) is 6.34 Å². The number of nitrogens with zero attached hydrogens (tertiary/aromatic N) is 2. The summed E-state index contributed by atoms with van der Waals surface area (Å²) in [6, 6.07) is 6.59. The molecule has 1 amide bonds. The Hall–Kier alpha value is -1.49. The first-order valence-corrected chi connectivity index (χ1v) is 6.42. The molecule has 0 spiro atoms. The number of fused-ring (bicyclic) bond motifs is 1. The maximum absolute atomic E-state index is 11.0. The van der Waals surface area contributed by atoms with E-state index >= 15 is 0 Å². The molecule has 4 nitrogen and oxygen atoms in total. The topological polar surface area (TPSA) is 44.7 Å². The molecule has 0 radical (unpaired) electrons. The van der Waals surface area contributed by atoms with E-state index < -0.39 is 0 Å². The third-order valence-electron chi connectivity index (χ3n) is 2.82. The van der Waals surface area contributed by atoms with Crippen LogP contribution in [0.1, 0.15) is 19.8 Å². The first-order chi connectivity index (χ1) is 8.24. The maximum atomic E-state index is 11.0. The number of benzene rings is 1. The lowest BCUT2D eigenvalue weighted by Gasteiger charge is -2.25. The van der Waals surface area contributed by atoms with Crippen LogP contribution in [-0.4, -0.2) is 18.3 Å². The zero-order valence-electron chi connectivity index (χ0n) is 9.51. The van der Waals surface area contributed by atoms with Gasteiger partial charge in [-0.1, -0.05) is 0 Å². The fraction of sp³-hybridized carbons (Fsp3) is 0.333. The summed E-state index contributed by atoms with van der Waals surface area (Å²) in [5, 5.41) is 2.79. The highest BCUT2D eigenvalue weighted by Gasteiger charge is 2.31. The third kappa shape index (κ3) is 2.15. The van der Waals surface area contributed by atoms with Crippen LogP contribution in [0.3, 0.4) is 0 Å². The van der Waals surface area contributed by atoms with Crippen molar-refractivity contribution < 1.29 is 4.79 Å². The van der Waals surface area contributed by atoms with Crippen LogP contribution in [0.25, 0.3) is 0 Å². The van der Waals surface area contributed by atoms with E-state index in [2.05, 4.69) is 20.7 Å². The molecular formula is C12H13N3OS. The molecular weight excluding hydrogens is 234 g/mol. The number of hydrogen-bond donors (Lipinski definition) is 1. The summed E-state index contributed by atoms with van der Waals surface area (Å²) in [6.07, 6.45) is 4.38. The summed E-state index contributed by atoms with van der Waals surface area (Å²) in [5.41, 5.74) is 2.03. The molecule has 1 fully saturated rings. The molecule has 5 heteroatoms. The molecule has 1 N–H and O–H groups in total. The molecule has 0 saturated heterocycles. The summed E-state index contributed by atoms with van der Waals surface area (Å²) < 4.78 is 4.29. The molecule has 1 heterocycles. The number of amides is 1. The van der Waals surface area contributed by atoms with Gasteiger partial charge in [0, 0.05) is 30.6 Å². The quantitative estimate of drug-likeness (QED) is 0.817. The van der Waals surface area contributed by atoms with Crippen LogP contribution in [0, 0.1) is 0 Å². The summed E-state index contributed by atoms with van der Waals surface area (Å²) in [5.74, 6) is -0.0479. The summed E-state index contributed by atoms with van der Waals surface area (Å²) in [7, 11) is 0. The van der Waals surface area contributed by atoms with Crippen molar-refractivity contribution in [3.63, 3.8) is 0 Å². The summed E-state index contributed by atoms with van der Waals surface area (Å²) in [6.45, 7) is 1.52. The van der Waals surface area contributed by atoms with Crippen molar-refractivity contribution in [2.45, 2.75) is 30.7 Å². The second-order valence-corrected chi connectivity index (χ2v) is 5.15. The molecule has 1 saturated carbocycles. The van der Waals surface area contributed by atoms with E-state index in [1.54, 1.807) is 0 Å². The van der Waals surface area contributed by atoms with E-state index in [1.165, 1.54) is 37.4 Å². The van der Waals surface area contributed by atoms with Crippen molar-refractivity contribution in [3.05, 3.63) is 18.2 Å². The highest BCUT2D eigenvalue weighted by Crippen LogP contribution is 2.40. The predicted molar refractivity (Wildman–Crippen MR) is 70.6 cm³/mol. The van der Waals surface area contributed by atoms with Gasteiger partial charge >= 0.3 is 0 Å². The Balaban J connectivity index is 1.91. The van der Waals surface area contributed by atoms with Gasteiger partial charge in [-0.15, -0.1) is 0 Å². The van der Waals surface area contributed by atoms with Crippen molar-refractivity contribution in [1.29, 1.82) is 0 Å². The maximum Gasteiger partial charge on any atom is 0.221 e. The molecule has 1 aromatic carbocycles. The highest BCUT2D eigenvalue weighted by molar-refractivity contribution is 7.98. The lowest BCUT2D eigenvalue weighted by atomic mass is 10.2. The molecule has 1 aliphatic carbocycles. The SMILES string of the molecule is CC(=O)Nc1ccc2c(c1)SN=CN2C1CC1. The van der Waals surface area contributed by atoms with Crippen molar-refractivity contribution in [2.75, 3.05) is 10.2 Å². The van der Waals surface area contributed by atoms with Gasteiger partial charge in [0.25, 0.3) is 0 Å². The molecule has 0 atom stereocenters. The van der Waals surface area contributed by atoms with Gasteiger partial charge in [0.15, 0.2) is 0 Å². The zero-order valence-corrected chi connectivity index (χ0v) is 10.3. The second kappa shape index (κ2) is 4.07. The Labute approximate surface area is 104 Å². The normalized spacial score (nSPS) is 17.8. The molecule has 0 unspecified atom stereocenters. The van der Waals surface area contributed by atoms with E-state index in [0.717, 1.165) is 10.6 Å². The average molecular weight is 247 g/mol. The van der Waals surface area contributed by atoms with E-state index in [4.69, 9.17) is 0 Å². The van der Waals surface area contributed by atoms with Crippen LogP contribution in [-0.2, 0) is 4.79 Å². The summed E-state index contributed by atoms with van der Waals surface area (Å²) in [4.78, 5) is 14.3. The molecule has 17 heavy (non-hydrogen) atoms. The fourth-order valence-electron chi connectivity index (χ4n) is 1.92. The van der Waals surface area contributed by atoms with Crippen molar-refractivity contribution in [3.8, 4) is 0 Å². The lowest BCUT2D eigenvalue weighted by molar-refractivity contribution is -0.114. The number of rotatable bonds is 2. The Bertz CT molecular complexity index is 497. The monoisotopic (exact) mass is 247 g/mol. The van der Waals surface area contributed by atoms with Gasteiger partial charge in [-0.3, -0.25) is 4.79 Å². The molecule has 0 aromatic heterocycles. The molecule has 3 rings (SSSR count). The van der Waals surface area contributed by atoms with Gasteiger partial charge in [-0.25, -0.2) is 4.40 Å². The van der Waals surface area contributed by atoms with Crippen molar-refractivity contribution in [1.82, 2.24) is 0 Å².